The van der Waals surface area contributed by atoms with Gasteiger partial charge in [-0.05, 0) is 26.2 Å². The van der Waals surface area contributed by atoms with Gasteiger partial charge in [0.25, 0.3) is 0 Å². The number of rotatable bonds is 3. The number of carbonyl (C=O) groups is 2. The molecule has 1 aliphatic rings. The van der Waals surface area contributed by atoms with Gasteiger partial charge in [-0.25, -0.2) is 0 Å². The van der Waals surface area contributed by atoms with Gasteiger partial charge in [0.15, 0.2) is 0 Å². The number of alkyl halides is 3. The van der Waals surface area contributed by atoms with Crippen LogP contribution < -0.4 is 0 Å². The van der Waals surface area contributed by atoms with Crippen LogP contribution in [0, 0.1) is 5.92 Å². The van der Waals surface area contributed by atoms with Crippen molar-refractivity contribution in [2.24, 2.45) is 5.92 Å². The van der Waals surface area contributed by atoms with E-state index in [0.717, 1.165) is 4.90 Å². The number of amides is 1. The fourth-order valence-electron chi connectivity index (χ4n) is 1.88. The van der Waals surface area contributed by atoms with Crippen LogP contribution in [0.5, 0.6) is 0 Å². The Morgan fingerprint density at radius 1 is 1.32 bits per heavy atom. The molecule has 0 aliphatic carbocycles. The molecule has 1 heterocycles. The zero-order valence-electron chi connectivity index (χ0n) is 11.0. The maximum Gasteiger partial charge on any atom is 0.471 e. The largest absolute Gasteiger partial charge is 0.471 e. The first kappa shape index (κ1) is 15.8. The average Bonchev–Trinajstić information content (AvgIpc) is 2.36. The van der Waals surface area contributed by atoms with E-state index in [0.29, 0.717) is 6.42 Å². The van der Waals surface area contributed by atoms with Gasteiger partial charge >= 0.3 is 18.1 Å². The highest BCUT2D eigenvalue weighted by Crippen LogP contribution is 2.24. The first-order valence-electron chi connectivity index (χ1n) is 6.32. The number of esters is 1. The van der Waals surface area contributed by atoms with E-state index < -0.39 is 18.0 Å². The molecule has 4 nitrogen and oxygen atoms in total. The molecule has 0 aromatic heterocycles. The number of nitrogens with zero attached hydrogens (tertiary/aromatic N) is 1. The van der Waals surface area contributed by atoms with E-state index in [2.05, 4.69) is 0 Å². The van der Waals surface area contributed by atoms with Crippen LogP contribution in [0.15, 0.2) is 0 Å². The standard InChI is InChI=1S/C12H18F3NO3/c1-3-8(2)19-10(17)9-4-6-16(7-5-9)11(18)12(13,14)15/h8-9H,3-7H2,1-2H3. The fraction of sp³-hybridized carbons (Fsp3) is 0.833. The second-order valence-corrected chi connectivity index (χ2v) is 4.72. The number of likely N-dealkylation sites (tertiary alicyclic amines) is 1. The minimum atomic E-state index is -4.84. The zero-order valence-corrected chi connectivity index (χ0v) is 11.0. The molecule has 7 heteroatoms. The van der Waals surface area contributed by atoms with Gasteiger partial charge in [0.1, 0.15) is 0 Å². The van der Waals surface area contributed by atoms with Gasteiger partial charge in [-0.15, -0.1) is 0 Å². The molecular weight excluding hydrogens is 263 g/mol. The first-order valence-corrected chi connectivity index (χ1v) is 6.32. The van der Waals surface area contributed by atoms with Crippen LogP contribution in [-0.2, 0) is 14.3 Å². The highest BCUT2D eigenvalue weighted by Gasteiger charge is 2.43. The highest BCUT2D eigenvalue weighted by atomic mass is 19.4. The van der Waals surface area contributed by atoms with Crippen molar-refractivity contribution in [3.63, 3.8) is 0 Å². The zero-order chi connectivity index (χ0) is 14.6. The molecule has 1 atom stereocenters. The Hall–Kier alpha value is -1.27. The molecule has 0 bridgehead atoms. The number of ether oxygens (including phenoxy) is 1. The summed E-state index contributed by atoms with van der Waals surface area (Å²) < 4.78 is 41.8. The Morgan fingerprint density at radius 3 is 2.26 bits per heavy atom. The van der Waals surface area contributed by atoms with Crippen LogP contribution in [0.1, 0.15) is 33.1 Å². The van der Waals surface area contributed by atoms with Crippen LogP contribution in [0.2, 0.25) is 0 Å². The van der Waals surface area contributed by atoms with Crippen molar-refractivity contribution in [2.75, 3.05) is 13.1 Å². The summed E-state index contributed by atoms with van der Waals surface area (Å²) in [6, 6.07) is 0. The molecule has 0 saturated carbocycles. The van der Waals surface area contributed by atoms with Crippen molar-refractivity contribution in [1.82, 2.24) is 4.90 Å². The third kappa shape index (κ3) is 4.40. The molecule has 0 N–H and O–H groups in total. The highest BCUT2D eigenvalue weighted by molar-refractivity contribution is 5.82. The SMILES string of the molecule is CCC(C)OC(=O)C1CCN(C(=O)C(F)(F)F)CC1. The van der Waals surface area contributed by atoms with Crippen LogP contribution in [0.4, 0.5) is 13.2 Å². The van der Waals surface area contributed by atoms with Crippen molar-refractivity contribution >= 4 is 11.9 Å². The van der Waals surface area contributed by atoms with Crippen LogP contribution in [0.3, 0.4) is 0 Å². The number of hydrogen-bond acceptors (Lipinski definition) is 3. The van der Waals surface area contributed by atoms with Gasteiger partial charge in [0, 0.05) is 13.1 Å². The summed E-state index contributed by atoms with van der Waals surface area (Å²) in [5.74, 6) is -2.62. The quantitative estimate of drug-likeness (QED) is 0.744. The molecule has 0 aromatic rings. The minimum absolute atomic E-state index is 0.0569. The molecule has 1 amide bonds. The summed E-state index contributed by atoms with van der Waals surface area (Å²) in [6.45, 7) is 3.53. The maximum absolute atomic E-state index is 12.2. The Labute approximate surface area is 109 Å². The smallest absolute Gasteiger partial charge is 0.462 e. The van der Waals surface area contributed by atoms with Crippen molar-refractivity contribution in [3.05, 3.63) is 0 Å². The van der Waals surface area contributed by atoms with Crippen molar-refractivity contribution in [3.8, 4) is 0 Å². The van der Waals surface area contributed by atoms with Gasteiger partial charge in [-0.1, -0.05) is 6.92 Å². The molecule has 1 unspecified atom stereocenters. The number of carbonyl (C=O) groups excluding carboxylic acids is 2. The topological polar surface area (TPSA) is 46.6 Å². The monoisotopic (exact) mass is 281 g/mol. The molecule has 1 rings (SSSR count). The van der Waals surface area contributed by atoms with Crippen LogP contribution in [-0.4, -0.2) is 42.1 Å². The van der Waals surface area contributed by atoms with Crippen molar-refractivity contribution in [2.45, 2.75) is 45.4 Å². The summed E-state index contributed by atoms with van der Waals surface area (Å²) in [7, 11) is 0. The van der Waals surface area contributed by atoms with E-state index in [4.69, 9.17) is 4.74 Å². The Kier molecular flexibility index (Phi) is 5.20. The van der Waals surface area contributed by atoms with Crippen molar-refractivity contribution < 1.29 is 27.5 Å². The lowest BCUT2D eigenvalue weighted by Crippen LogP contribution is -2.46. The van der Waals surface area contributed by atoms with Gasteiger partial charge in [-0.3, -0.25) is 9.59 Å². The summed E-state index contributed by atoms with van der Waals surface area (Å²) in [4.78, 5) is 23.4. The number of hydrogen-bond donors (Lipinski definition) is 0. The fourth-order valence-corrected chi connectivity index (χ4v) is 1.88. The van der Waals surface area contributed by atoms with E-state index in [9.17, 15) is 22.8 Å². The second-order valence-electron chi connectivity index (χ2n) is 4.72. The normalized spacial score (nSPS) is 19.1. The Balaban J connectivity index is 2.45. The third-order valence-corrected chi connectivity index (χ3v) is 3.25. The molecule has 19 heavy (non-hydrogen) atoms. The number of piperidine rings is 1. The summed E-state index contributed by atoms with van der Waals surface area (Å²) >= 11 is 0. The summed E-state index contributed by atoms with van der Waals surface area (Å²) in [5.41, 5.74) is 0. The van der Waals surface area contributed by atoms with Gasteiger partial charge in [-0.2, -0.15) is 13.2 Å². The molecule has 0 aromatic carbocycles. The summed E-state index contributed by atoms with van der Waals surface area (Å²) in [5, 5.41) is 0. The predicted octanol–water partition coefficient (Wildman–Crippen LogP) is 2.13. The van der Waals surface area contributed by atoms with Gasteiger partial charge < -0.3 is 9.64 Å². The van der Waals surface area contributed by atoms with E-state index in [1.165, 1.54) is 0 Å². The molecule has 0 radical (unpaired) electrons. The Morgan fingerprint density at radius 2 is 1.84 bits per heavy atom. The first-order chi connectivity index (χ1) is 8.75. The maximum atomic E-state index is 12.2. The second kappa shape index (κ2) is 6.25. The summed E-state index contributed by atoms with van der Waals surface area (Å²) in [6.07, 6.45) is -3.91. The van der Waals surface area contributed by atoms with E-state index >= 15 is 0 Å². The average molecular weight is 281 g/mol. The van der Waals surface area contributed by atoms with Gasteiger partial charge in [0.05, 0.1) is 12.0 Å². The molecule has 110 valence electrons. The van der Waals surface area contributed by atoms with E-state index in [-0.39, 0.29) is 38.0 Å². The lowest BCUT2D eigenvalue weighted by Gasteiger charge is -2.31. The lowest BCUT2D eigenvalue weighted by molar-refractivity contribution is -0.187. The Bertz CT molecular complexity index is 336. The molecule has 1 aliphatic heterocycles. The lowest BCUT2D eigenvalue weighted by atomic mass is 9.97. The molecule has 1 saturated heterocycles. The minimum Gasteiger partial charge on any atom is -0.462 e. The number of halogens is 3. The van der Waals surface area contributed by atoms with E-state index in [1.54, 1.807) is 6.92 Å². The third-order valence-electron chi connectivity index (χ3n) is 3.25. The molecule has 0 spiro atoms. The van der Waals surface area contributed by atoms with Gasteiger partial charge in [0.2, 0.25) is 0 Å². The molecular formula is C12H18F3NO3. The van der Waals surface area contributed by atoms with Crippen LogP contribution in [0.25, 0.3) is 0 Å². The van der Waals surface area contributed by atoms with E-state index in [1.807, 2.05) is 6.92 Å². The molecule has 1 fully saturated rings. The van der Waals surface area contributed by atoms with Crippen molar-refractivity contribution in [1.29, 1.82) is 0 Å². The predicted molar refractivity (Wildman–Crippen MR) is 61.2 cm³/mol. The van der Waals surface area contributed by atoms with Crippen LogP contribution >= 0.6 is 0 Å².